The SMILES string of the molecule is CCC1NC(=O)CCN(c2ccc(I)cc2)C1=O. The summed E-state index contributed by atoms with van der Waals surface area (Å²) in [6.45, 7) is 2.35. The van der Waals surface area contributed by atoms with Crippen molar-refractivity contribution in [3.8, 4) is 0 Å². The van der Waals surface area contributed by atoms with Crippen molar-refractivity contribution in [1.29, 1.82) is 0 Å². The Morgan fingerprint density at radius 2 is 2.00 bits per heavy atom. The molecule has 1 unspecified atom stereocenters. The van der Waals surface area contributed by atoms with E-state index in [1.807, 2.05) is 31.2 Å². The molecule has 96 valence electrons. The fraction of sp³-hybridized carbons (Fsp3) is 0.385. The lowest BCUT2D eigenvalue weighted by molar-refractivity contribution is -0.125. The third kappa shape index (κ3) is 2.82. The highest BCUT2D eigenvalue weighted by molar-refractivity contribution is 14.1. The molecule has 0 spiro atoms. The van der Waals surface area contributed by atoms with Crippen LogP contribution in [0.5, 0.6) is 0 Å². The monoisotopic (exact) mass is 358 g/mol. The number of nitrogens with one attached hydrogen (secondary N) is 1. The number of carbonyl (C=O) groups is 2. The highest BCUT2D eigenvalue weighted by Crippen LogP contribution is 2.19. The summed E-state index contributed by atoms with van der Waals surface area (Å²) in [7, 11) is 0. The van der Waals surface area contributed by atoms with Crippen molar-refractivity contribution in [1.82, 2.24) is 5.32 Å². The molecule has 2 amide bonds. The van der Waals surface area contributed by atoms with Gasteiger partial charge >= 0.3 is 0 Å². The summed E-state index contributed by atoms with van der Waals surface area (Å²) in [5.41, 5.74) is 0.857. The average Bonchev–Trinajstić information content (AvgIpc) is 2.51. The van der Waals surface area contributed by atoms with Crippen LogP contribution in [0.15, 0.2) is 24.3 Å². The molecule has 2 rings (SSSR count). The van der Waals surface area contributed by atoms with Crippen molar-refractivity contribution in [2.45, 2.75) is 25.8 Å². The molecule has 0 aliphatic carbocycles. The van der Waals surface area contributed by atoms with Crippen LogP contribution in [0.1, 0.15) is 19.8 Å². The molecular formula is C13H15IN2O2. The first kappa shape index (κ1) is 13.3. The predicted octanol–water partition coefficient (Wildman–Crippen LogP) is 1.92. The van der Waals surface area contributed by atoms with Crippen molar-refractivity contribution >= 4 is 40.1 Å². The molecule has 1 heterocycles. The standard InChI is InChI=1S/C13H15IN2O2/c1-2-11-13(18)16(8-7-12(17)15-11)10-5-3-9(14)4-6-10/h3-6,11H,2,7-8H2,1H3,(H,15,17). The molecule has 18 heavy (non-hydrogen) atoms. The average molecular weight is 358 g/mol. The van der Waals surface area contributed by atoms with Crippen LogP contribution in [0.4, 0.5) is 5.69 Å². The van der Waals surface area contributed by atoms with Gasteiger partial charge < -0.3 is 10.2 Å². The van der Waals surface area contributed by atoms with Gasteiger partial charge in [0.25, 0.3) is 0 Å². The first-order chi connectivity index (χ1) is 8.61. The first-order valence-electron chi connectivity index (χ1n) is 5.98. The quantitative estimate of drug-likeness (QED) is 0.822. The van der Waals surface area contributed by atoms with E-state index in [2.05, 4.69) is 27.9 Å². The van der Waals surface area contributed by atoms with Crippen LogP contribution in [-0.2, 0) is 9.59 Å². The van der Waals surface area contributed by atoms with Gasteiger partial charge in [-0.05, 0) is 53.3 Å². The summed E-state index contributed by atoms with van der Waals surface area (Å²) in [4.78, 5) is 25.6. The van der Waals surface area contributed by atoms with Crippen LogP contribution in [0.2, 0.25) is 0 Å². The molecule has 1 atom stereocenters. The van der Waals surface area contributed by atoms with Gasteiger partial charge in [-0.3, -0.25) is 9.59 Å². The van der Waals surface area contributed by atoms with Crippen LogP contribution >= 0.6 is 22.6 Å². The second kappa shape index (κ2) is 5.69. The van der Waals surface area contributed by atoms with Crippen molar-refractivity contribution in [3.05, 3.63) is 27.8 Å². The molecule has 1 aliphatic rings. The molecule has 4 nitrogen and oxygen atoms in total. The second-order valence-electron chi connectivity index (χ2n) is 4.24. The molecule has 1 aromatic rings. The minimum Gasteiger partial charge on any atom is -0.344 e. The van der Waals surface area contributed by atoms with E-state index in [-0.39, 0.29) is 11.8 Å². The van der Waals surface area contributed by atoms with E-state index in [1.165, 1.54) is 0 Å². The topological polar surface area (TPSA) is 49.4 Å². The number of anilines is 1. The summed E-state index contributed by atoms with van der Waals surface area (Å²) in [5.74, 6) is -0.0761. The van der Waals surface area contributed by atoms with Crippen LogP contribution in [0.3, 0.4) is 0 Å². The molecule has 1 aromatic carbocycles. The predicted molar refractivity (Wildman–Crippen MR) is 78.4 cm³/mol. The number of nitrogens with zero attached hydrogens (tertiary/aromatic N) is 1. The Balaban J connectivity index is 2.27. The molecular weight excluding hydrogens is 343 g/mol. The van der Waals surface area contributed by atoms with Gasteiger partial charge in [-0.1, -0.05) is 6.92 Å². The smallest absolute Gasteiger partial charge is 0.249 e. The van der Waals surface area contributed by atoms with Gasteiger partial charge in [-0.25, -0.2) is 0 Å². The van der Waals surface area contributed by atoms with Gasteiger partial charge in [0.2, 0.25) is 11.8 Å². The zero-order valence-corrected chi connectivity index (χ0v) is 12.3. The summed E-state index contributed by atoms with van der Waals surface area (Å²) in [6.07, 6.45) is 0.972. The fourth-order valence-corrected chi connectivity index (χ4v) is 2.35. The lowest BCUT2D eigenvalue weighted by Gasteiger charge is -2.23. The summed E-state index contributed by atoms with van der Waals surface area (Å²) in [6, 6.07) is 7.36. The fourth-order valence-electron chi connectivity index (χ4n) is 1.99. The Labute approximate surface area is 120 Å². The molecule has 1 N–H and O–H groups in total. The number of benzene rings is 1. The van der Waals surface area contributed by atoms with E-state index in [0.717, 1.165) is 9.26 Å². The number of rotatable bonds is 2. The number of carbonyl (C=O) groups excluding carboxylic acids is 2. The Morgan fingerprint density at radius 1 is 1.33 bits per heavy atom. The van der Waals surface area contributed by atoms with Gasteiger partial charge in [0, 0.05) is 22.2 Å². The molecule has 0 bridgehead atoms. The minimum atomic E-state index is -0.403. The van der Waals surface area contributed by atoms with Gasteiger partial charge in [-0.2, -0.15) is 0 Å². The zero-order chi connectivity index (χ0) is 13.1. The highest BCUT2D eigenvalue weighted by atomic mass is 127. The van der Waals surface area contributed by atoms with Crippen LogP contribution in [-0.4, -0.2) is 24.4 Å². The van der Waals surface area contributed by atoms with Crippen molar-refractivity contribution in [2.24, 2.45) is 0 Å². The maximum Gasteiger partial charge on any atom is 0.249 e. The molecule has 0 radical (unpaired) electrons. The molecule has 1 aliphatic heterocycles. The normalized spacial score (nSPS) is 20.6. The van der Waals surface area contributed by atoms with Gasteiger partial charge in [0.1, 0.15) is 6.04 Å². The molecule has 5 heteroatoms. The zero-order valence-electron chi connectivity index (χ0n) is 10.1. The maximum absolute atomic E-state index is 12.3. The number of halogens is 1. The van der Waals surface area contributed by atoms with Crippen LogP contribution in [0, 0.1) is 3.57 Å². The Hall–Kier alpha value is -1.11. The Morgan fingerprint density at radius 3 is 2.61 bits per heavy atom. The first-order valence-corrected chi connectivity index (χ1v) is 7.06. The van der Waals surface area contributed by atoms with Crippen molar-refractivity contribution in [3.63, 3.8) is 0 Å². The van der Waals surface area contributed by atoms with Crippen LogP contribution < -0.4 is 10.2 Å². The van der Waals surface area contributed by atoms with E-state index in [4.69, 9.17) is 0 Å². The second-order valence-corrected chi connectivity index (χ2v) is 5.49. The maximum atomic E-state index is 12.3. The number of amides is 2. The van der Waals surface area contributed by atoms with Gasteiger partial charge in [0.15, 0.2) is 0 Å². The minimum absolute atomic E-state index is 0.0236. The largest absolute Gasteiger partial charge is 0.344 e. The Bertz CT molecular complexity index is 459. The van der Waals surface area contributed by atoms with E-state index >= 15 is 0 Å². The van der Waals surface area contributed by atoms with E-state index in [1.54, 1.807) is 4.90 Å². The van der Waals surface area contributed by atoms with Crippen molar-refractivity contribution < 1.29 is 9.59 Å². The Kier molecular flexibility index (Phi) is 4.21. The summed E-state index contributed by atoms with van der Waals surface area (Å²) in [5, 5.41) is 2.76. The third-order valence-corrected chi connectivity index (χ3v) is 3.73. The summed E-state index contributed by atoms with van der Waals surface area (Å²) >= 11 is 2.23. The molecule has 1 saturated heterocycles. The molecule has 1 fully saturated rings. The summed E-state index contributed by atoms with van der Waals surface area (Å²) < 4.78 is 1.12. The lowest BCUT2D eigenvalue weighted by Crippen LogP contribution is -2.44. The number of hydrogen-bond acceptors (Lipinski definition) is 2. The third-order valence-electron chi connectivity index (χ3n) is 3.01. The van der Waals surface area contributed by atoms with E-state index < -0.39 is 6.04 Å². The number of hydrogen-bond donors (Lipinski definition) is 1. The van der Waals surface area contributed by atoms with E-state index in [0.29, 0.717) is 19.4 Å². The van der Waals surface area contributed by atoms with E-state index in [9.17, 15) is 9.59 Å². The van der Waals surface area contributed by atoms with Crippen molar-refractivity contribution in [2.75, 3.05) is 11.4 Å². The van der Waals surface area contributed by atoms with Crippen LogP contribution in [0.25, 0.3) is 0 Å². The lowest BCUT2D eigenvalue weighted by atomic mass is 10.2. The molecule has 0 aromatic heterocycles. The van der Waals surface area contributed by atoms with Gasteiger partial charge in [0.05, 0.1) is 0 Å². The molecule has 0 saturated carbocycles. The highest BCUT2D eigenvalue weighted by Gasteiger charge is 2.29. The van der Waals surface area contributed by atoms with Gasteiger partial charge in [-0.15, -0.1) is 0 Å².